The second-order valence-electron chi connectivity index (χ2n) is 8.22. The maximum atomic E-state index is 12.0. The molecule has 1 aromatic rings. The molecule has 4 N–H and O–H groups in total. The molecule has 30 heavy (non-hydrogen) atoms. The summed E-state index contributed by atoms with van der Waals surface area (Å²) in [6.07, 6.45) is 0.304. The summed E-state index contributed by atoms with van der Waals surface area (Å²) in [5, 5.41) is 14.0. The SMILES string of the molecule is CCNC(=NCC(C)(C)NC(=O)OC(C)(C)C)NCCCNC(=O)c1cccs1.I. The minimum atomic E-state index is -0.556. The first-order valence-corrected chi connectivity index (χ1v) is 10.8. The quantitative estimate of drug-likeness (QED) is 0.163. The van der Waals surface area contributed by atoms with Gasteiger partial charge in [-0.05, 0) is 59.4 Å². The van der Waals surface area contributed by atoms with E-state index >= 15 is 0 Å². The molecule has 0 bridgehead atoms. The standard InChI is InChI=1S/C20H35N5O3S.HI/c1-7-21-17(23-12-9-11-22-16(26)15-10-8-13-29-15)24-14-20(5,6)25-18(27)28-19(2,3)4;/h8,10,13H,7,9,11-12,14H2,1-6H3,(H,22,26)(H,25,27)(H2,21,23,24);1H. The monoisotopic (exact) mass is 553 g/mol. The van der Waals surface area contributed by atoms with E-state index < -0.39 is 17.2 Å². The molecule has 0 aliphatic carbocycles. The Balaban J connectivity index is 0.00000841. The van der Waals surface area contributed by atoms with Gasteiger partial charge in [0.05, 0.1) is 17.0 Å². The van der Waals surface area contributed by atoms with Crippen molar-refractivity contribution in [2.75, 3.05) is 26.2 Å². The predicted molar refractivity (Wildman–Crippen MR) is 134 cm³/mol. The molecular weight excluding hydrogens is 517 g/mol. The number of rotatable bonds is 9. The maximum Gasteiger partial charge on any atom is 0.408 e. The van der Waals surface area contributed by atoms with Crippen molar-refractivity contribution in [2.24, 2.45) is 4.99 Å². The minimum absolute atomic E-state index is 0. The van der Waals surface area contributed by atoms with E-state index in [4.69, 9.17) is 4.74 Å². The zero-order valence-electron chi connectivity index (χ0n) is 18.8. The van der Waals surface area contributed by atoms with Crippen molar-refractivity contribution in [3.63, 3.8) is 0 Å². The van der Waals surface area contributed by atoms with Crippen molar-refractivity contribution < 1.29 is 14.3 Å². The van der Waals surface area contributed by atoms with Gasteiger partial charge in [0, 0.05) is 19.6 Å². The second kappa shape index (κ2) is 13.7. The Hall–Kier alpha value is -1.56. The summed E-state index contributed by atoms with van der Waals surface area (Å²) in [7, 11) is 0. The molecule has 10 heteroatoms. The van der Waals surface area contributed by atoms with Gasteiger partial charge in [0.15, 0.2) is 5.96 Å². The van der Waals surface area contributed by atoms with Crippen molar-refractivity contribution in [1.29, 1.82) is 0 Å². The van der Waals surface area contributed by atoms with Crippen LogP contribution in [0.2, 0.25) is 0 Å². The van der Waals surface area contributed by atoms with E-state index in [9.17, 15) is 9.59 Å². The Morgan fingerprint density at radius 2 is 1.77 bits per heavy atom. The summed E-state index contributed by atoms with van der Waals surface area (Å²) in [6, 6.07) is 3.67. The largest absolute Gasteiger partial charge is 0.444 e. The fourth-order valence-corrected chi connectivity index (χ4v) is 2.87. The van der Waals surface area contributed by atoms with Crippen molar-refractivity contribution >= 4 is 53.3 Å². The normalized spacial score (nSPS) is 11.9. The third kappa shape index (κ3) is 12.9. The number of carbonyl (C=O) groups is 2. The third-order valence-corrected chi connectivity index (χ3v) is 4.36. The number of hydrogen-bond donors (Lipinski definition) is 4. The maximum absolute atomic E-state index is 12.0. The molecule has 0 saturated carbocycles. The van der Waals surface area contributed by atoms with E-state index in [1.165, 1.54) is 11.3 Å². The highest BCUT2D eigenvalue weighted by Crippen LogP contribution is 2.10. The zero-order valence-corrected chi connectivity index (χ0v) is 21.9. The lowest BCUT2D eigenvalue weighted by molar-refractivity contribution is 0.0476. The first-order valence-electron chi connectivity index (χ1n) is 9.87. The molecule has 172 valence electrons. The van der Waals surface area contributed by atoms with Crippen LogP contribution in [0.25, 0.3) is 0 Å². The Labute approximate surface area is 201 Å². The molecule has 0 saturated heterocycles. The van der Waals surface area contributed by atoms with Gasteiger partial charge in [0.2, 0.25) is 0 Å². The van der Waals surface area contributed by atoms with E-state index in [0.717, 1.165) is 13.0 Å². The molecular formula is C20H36IN5O3S. The van der Waals surface area contributed by atoms with Crippen LogP contribution >= 0.6 is 35.3 Å². The van der Waals surface area contributed by atoms with E-state index in [1.807, 2.05) is 53.0 Å². The smallest absolute Gasteiger partial charge is 0.408 e. The highest BCUT2D eigenvalue weighted by Gasteiger charge is 2.24. The van der Waals surface area contributed by atoms with Crippen molar-refractivity contribution in [3.8, 4) is 0 Å². The lowest BCUT2D eigenvalue weighted by Gasteiger charge is -2.27. The zero-order chi connectivity index (χ0) is 21.9. The third-order valence-electron chi connectivity index (χ3n) is 3.49. The summed E-state index contributed by atoms with van der Waals surface area (Å²) in [4.78, 5) is 29.1. The van der Waals surface area contributed by atoms with E-state index in [1.54, 1.807) is 6.07 Å². The van der Waals surface area contributed by atoms with Crippen LogP contribution in [0.4, 0.5) is 4.79 Å². The topological polar surface area (TPSA) is 104 Å². The van der Waals surface area contributed by atoms with Gasteiger partial charge in [-0.1, -0.05) is 6.07 Å². The molecule has 0 unspecified atom stereocenters. The van der Waals surface area contributed by atoms with Crippen LogP contribution in [-0.4, -0.2) is 55.3 Å². The number of carbonyl (C=O) groups excluding carboxylic acids is 2. The van der Waals surface area contributed by atoms with Crippen LogP contribution in [0.5, 0.6) is 0 Å². The average Bonchev–Trinajstić information content (AvgIpc) is 3.11. The van der Waals surface area contributed by atoms with E-state index in [0.29, 0.717) is 30.5 Å². The molecule has 0 aliphatic rings. The average molecular weight is 554 g/mol. The van der Waals surface area contributed by atoms with Crippen LogP contribution in [0.1, 0.15) is 57.6 Å². The fourth-order valence-electron chi connectivity index (χ4n) is 2.23. The number of hydrogen-bond acceptors (Lipinski definition) is 5. The number of aliphatic imine (C=N–C) groups is 1. The summed E-state index contributed by atoms with van der Waals surface area (Å²) in [6.45, 7) is 13.6. The number of guanidine groups is 1. The number of halogens is 1. The molecule has 0 atom stereocenters. The van der Waals surface area contributed by atoms with Crippen molar-refractivity contribution in [3.05, 3.63) is 22.4 Å². The van der Waals surface area contributed by atoms with Gasteiger partial charge in [-0.2, -0.15) is 0 Å². The molecule has 1 rings (SSSR count). The van der Waals surface area contributed by atoms with E-state index in [-0.39, 0.29) is 29.9 Å². The summed E-state index contributed by atoms with van der Waals surface area (Å²) in [5.41, 5.74) is -1.10. The molecule has 0 aromatic carbocycles. The Morgan fingerprint density at radius 3 is 2.33 bits per heavy atom. The highest BCUT2D eigenvalue weighted by molar-refractivity contribution is 14.0. The number of nitrogens with one attached hydrogen (secondary N) is 4. The van der Waals surface area contributed by atoms with E-state index in [2.05, 4.69) is 26.3 Å². The van der Waals surface area contributed by atoms with Gasteiger partial charge >= 0.3 is 6.09 Å². The molecule has 8 nitrogen and oxygen atoms in total. The van der Waals surface area contributed by atoms with Gasteiger partial charge in [-0.3, -0.25) is 9.79 Å². The number of thiophene rings is 1. The predicted octanol–water partition coefficient (Wildman–Crippen LogP) is 3.34. The Morgan fingerprint density at radius 1 is 1.10 bits per heavy atom. The minimum Gasteiger partial charge on any atom is -0.444 e. The molecule has 1 heterocycles. The Kier molecular flexibility index (Phi) is 13.0. The first kappa shape index (κ1) is 28.4. The number of nitrogens with zero attached hydrogens (tertiary/aromatic N) is 1. The molecule has 1 aromatic heterocycles. The van der Waals surface area contributed by atoms with Crippen LogP contribution in [-0.2, 0) is 4.74 Å². The second-order valence-corrected chi connectivity index (χ2v) is 9.17. The van der Waals surface area contributed by atoms with Gasteiger partial charge < -0.3 is 26.0 Å². The van der Waals surface area contributed by atoms with Crippen LogP contribution in [0.3, 0.4) is 0 Å². The molecule has 0 spiro atoms. The number of amides is 2. The van der Waals surface area contributed by atoms with Crippen molar-refractivity contribution in [2.45, 2.75) is 59.1 Å². The molecule has 0 fully saturated rings. The van der Waals surface area contributed by atoms with Crippen LogP contribution in [0.15, 0.2) is 22.5 Å². The fraction of sp³-hybridized carbons (Fsp3) is 0.650. The van der Waals surface area contributed by atoms with Gasteiger partial charge in [0.25, 0.3) is 5.91 Å². The van der Waals surface area contributed by atoms with Crippen LogP contribution in [0, 0.1) is 0 Å². The molecule has 0 radical (unpaired) electrons. The Bertz CT molecular complexity index is 672. The molecule has 2 amide bonds. The summed E-state index contributed by atoms with van der Waals surface area (Å²) in [5.74, 6) is 0.617. The van der Waals surface area contributed by atoms with Crippen LogP contribution < -0.4 is 21.3 Å². The first-order chi connectivity index (χ1) is 13.5. The molecule has 0 aliphatic heterocycles. The van der Waals surface area contributed by atoms with Gasteiger partial charge in [-0.25, -0.2) is 4.79 Å². The van der Waals surface area contributed by atoms with Gasteiger partial charge in [-0.15, -0.1) is 35.3 Å². The van der Waals surface area contributed by atoms with Gasteiger partial charge in [0.1, 0.15) is 5.60 Å². The summed E-state index contributed by atoms with van der Waals surface area (Å²) >= 11 is 1.43. The summed E-state index contributed by atoms with van der Waals surface area (Å²) < 4.78 is 5.30. The lowest BCUT2D eigenvalue weighted by Crippen LogP contribution is -2.49. The highest BCUT2D eigenvalue weighted by atomic mass is 127. The van der Waals surface area contributed by atoms with Crippen molar-refractivity contribution in [1.82, 2.24) is 21.3 Å². The number of ether oxygens (including phenoxy) is 1. The lowest BCUT2D eigenvalue weighted by atomic mass is 10.1. The number of alkyl carbamates (subject to hydrolysis) is 1.